The minimum absolute atomic E-state index is 0.199. The van der Waals surface area contributed by atoms with E-state index < -0.39 is 22.7 Å². The van der Waals surface area contributed by atoms with Crippen LogP contribution in [0.25, 0.3) is 0 Å². The maximum Gasteiger partial charge on any atom is 0.305 e. The number of alkyl halides is 3. The lowest BCUT2D eigenvalue weighted by Crippen LogP contribution is -2.36. The first-order chi connectivity index (χ1) is 8.96. The predicted molar refractivity (Wildman–Crippen MR) is 74.5 cm³/mol. The minimum atomic E-state index is -1.37. The maximum absolute atomic E-state index is 11.1. The fourth-order valence-corrected chi connectivity index (χ4v) is 3.23. The molecule has 3 unspecified atom stereocenters. The average molecular weight is 324 g/mol. The van der Waals surface area contributed by atoms with Crippen LogP contribution in [0.3, 0.4) is 0 Å². The van der Waals surface area contributed by atoms with E-state index in [1.165, 1.54) is 6.92 Å². The molecule has 0 bridgehead atoms. The second-order valence-corrected chi connectivity index (χ2v) is 6.10. The summed E-state index contributed by atoms with van der Waals surface area (Å²) in [5, 5.41) is 0. The van der Waals surface area contributed by atoms with Crippen LogP contribution in [0, 0.1) is 5.92 Å². The number of benzene rings is 1. The van der Waals surface area contributed by atoms with E-state index >= 15 is 0 Å². The summed E-state index contributed by atoms with van der Waals surface area (Å²) in [6, 6.07) is 9.45. The van der Waals surface area contributed by atoms with Crippen LogP contribution in [0.15, 0.2) is 30.3 Å². The van der Waals surface area contributed by atoms with Gasteiger partial charge in [-0.05, 0) is 5.56 Å². The van der Waals surface area contributed by atoms with Crippen molar-refractivity contribution in [2.24, 2.45) is 5.92 Å². The molecule has 1 aliphatic heterocycles. The van der Waals surface area contributed by atoms with E-state index in [9.17, 15) is 4.79 Å². The summed E-state index contributed by atoms with van der Waals surface area (Å²) < 4.78 is 9.35. The van der Waals surface area contributed by atoms with E-state index in [0.29, 0.717) is 0 Å². The van der Waals surface area contributed by atoms with Gasteiger partial charge >= 0.3 is 5.97 Å². The second-order valence-electron chi connectivity index (χ2n) is 4.34. The summed E-state index contributed by atoms with van der Waals surface area (Å²) in [6.07, 6.45) is -1.43. The van der Waals surface area contributed by atoms with Gasteiger partial charge in [-0.1, -0.05) is 53.5 Å². The smallest absolute Gasteiger partial charge is 0.305 e. The fraction of sp³-hybridized carbons (Fsp3) is 0.462. The fourth-order valence-electron chi connectivity index (χ4n) is 2.09. The zero-order chi connectivity index (χ0) is 14.0. The Morgan fingerprint density at radius 2 is 2.00 bits per heavy atom. The van der Waals surface area contributed by atoms with Crippen molar-refractivity contribution in [3.63, 3.8) is 0 Å². The molecule has 6 heteroatoms. The highest BCUT2D eigenvalue weighted by molar-refractivity contribution is 6.49. The Bertz CT molecular complexity index is 450. The summed E-state index contributed by atoms with van der Waals surface area (Å²) in [7, 11) is 0. The Labute approximate surface area is 126 Å². The molecule has 0 aromatic heterocycles. The van der Waals surface area contributed by atoms with Crippen LogP contribution in [0.2, 0.25) is 0 Å². The van der Waals surface area contributed by atoms with Crippen molar-refractivity contribution in [2.75, 3.05) is 5.88 Å². The van der Waals surface area contributed by atoms with Crippen LogP contribution in [0.4, 0.5) is 0 Å². The summed E-state index contributed by atoms with van der Waals surface area (Å²) in [5.41, 5.74) is 0.897. The number of halogens is 3. The molecule has 1 fully saturated rings. The van der Waals surface area contributed by atoms with Gasteiger partial charge in [-0.15, -0.1) is 11.6 Å². The van der Waals surface area contributed by atoms with Gasteiger partial charge in [-0.2, -0.15) is 0 Å². The maximum atomic E-state index is 11.1. The first kappa shape index (κ1) is 14.9. The summed E-state index contributed by atoms with van der Waals surface area (Å²) in [4.78, 5) is 11.1. The Balaban J connectivity index is 2.29. The summed E-state index contributed by atoms with van der Waals surface area (Å²) in [5.74, 6) is -0.674. The number of rotatable bonds is 3. The van der Waals surface area contributed by atoms with Crippen molar-refractivity contribution in [2.45, 2.75) is 23.7 Å². The molecular formula is C13H13Cl3O3. The van der Waals surface area contributed by atoms with E-state index in [0.717, 1.165) is 5.56 Å². The number of ether oxygens (including phenoxy) is 2. The highest BCUT2D eigenvalue weighted by Crippen LogP contribution is 2.52. The van der Waals surface area contributed by atoms with Gasteiger partial charge in [0.2, 0.25) is 6.29 Å². The molecule has 19 heavy (non-hydrogen) atoms. The lowest BCUT2D eigenvalue weighted by molar-refractivity contribution is -0.174. The Morgan fingerprint density at radius 3 is 2.53 bits per heavy atom. The lowest BCUT2D eigenvalue weighted by Gasteiger charge is -2.24. The third-order valence-electron chi connectivity index (χ3n) is 3.01. The van der Waals surface area contributed by atoms with Gasteiger partial charge < -0.3 is 9.47 Å². The van der Waals surface area contributed by atoms with E-state index in [2.05, 4.69) is 0 Å². The quantitative estimate of drug-likeness (QED) is 0.629. The molecule has 0 spiro atoms. The first-order valence-electron chi connectivity index (χ1n) is 5.78. The molecule has 0 aliphatic carbocycles. The Hall–Kier alpha value is -0.480. The van der Waals surface area contributed by atoms with Crippen LogP contribution < -0.4 is 0 Å². The van der Waals surface area contributed by atoms with Crippen molar-refractivity contribution in [3.8, 4) is 0 Å². The molecule has 1 saturated heterocycles. The normalized spacial score (nSPS) is 29.2. The van der Waals surface area contributed by atoms with Crippen LogP contribution in [0.1, 0.15) is 18.6 Å². The number of hydrogen-bond donors (Lipinski definition) is 0. The number of esters is 1. The van der Waals surface area contributed by atoms with Crippen LogP contribution in [-0.4, -0.2) is 22.5 Å². The highest BCUT2D eigenvalue weighted by atomic mass is 35.5. The lowest BCUT2D eigenvalue weighted by atomic mass is 9.96. The van der Waals surface area contributed by atoms with Crippen LogP contribution >= 0.6 is 34.8 Å². The number of carbonyl (C=O) groups is 1. The second kappa shape index (κ2) is 5.88. The molecule has 2 rings (SSSR count). The molecule has 104 valence electrons. The summed E-state index contributed by atoms with van der Waals surface area (Å²) >= 11 is 18.5. The standard InChI is InChI=1S/C13H13Cl3O3/c1-8(17)18-12-13(15,16)10(7-14)11(19-12)9-5-3-2-4-6-9/h2-6,10-12H,7H2,1H3. The molecule has 3 nitrogen and oxygen atoms in total. The molecule has 0 radical (unpaired) electrons. The molecular weight excluding hydrogens is 310 g/mol. The van der Waals surface area contributed by atoms with Gasteiger partial charge in [0.15, 0.2) is 4.33 Å². The SMILES string of the molecule is CC(=O)OC1OC(c2ccccc2)C(CCl)C1(Cl)Cl. The Kier molecular flexibility index (Phi) is 4.62. The third-order valence-corrected chi connectivity index (χ3v) is 4.26. The number of carbonyl (C=O) groups excluding carboxylic acids is 1. The van der Waals surface area contributed by atoms with Gasteiger partial charge in [0, 0.05) is 18.7 Å². The van der Waals surface area contributed by atoms with E-state index in [1.807, 2.05) is 30.3 Å². The third kappa shape index (κ3) is 3.00. The predicted octanol–water partition coefficient (Wildman–Crippen LogP) is 3.68. The van der Waals surface area contributed by atoms with Crippen molar-refractivity contribution < 1.29 is 14.3 Å². The molecule has 1 aliphatic rings. The van der Waals surface area contributed by atoms with Crippen molar-refractivity contribution in [3.05, 3.63) is 35.9 Å². The van der Waals surface area contributed by atoms with Crippen LogP contribution in [-0.2, 0) is 14.3 Å². The zero-order valence-electron chi connectivity index (χ0n) is 10.2. The van der Waals surface area contributed by atoms with Crippen molar-refractivity contribution >= 4 is 40.8 Å². The van der Waals surface area contributed by atoms with Crippen molar-refractivity contribution in [1.29, 1.82) is 0 Å². The average Bonchev–Trinajstić information content (AvgIpc) is 2.61. The molecule has 3 atom stereocenters. The molecule has 0 saturated carbocycles. The largest absolute Gasteiger partial charge is 0.433 e. The molecule has 1 aromatic rings. The van der Waals surface area contributed by atoms with Gasteiger partial charge in [0.25, 0.3) is 0 Å². The highest BCUT2D eigenvalue weighted by Gasteiger charge is 2.56. The van der Waals surface area contributed by atoms with Gasteiger partial charge in [0.1, 0.15) is 0 Å². The number of hydrogen-bond acceptors (Lipinski definition) is 3. The zero-order valence-corrected chi connectivity index (χ0v) is 12.5. The molecule has 1 aromatic carbocycles. The van der Waals surface area contributed by atoms with E-state index in [1.54, 1.807) is 0 Å². The summed E-state index contributed by atoms with van der Waals surface area (Å²) in [6.45, 7) is 1.28. The monoisotopic (exact) mass is 322 g/mol. The van der Waals surface area contributed by atoms with Gasteiger partial charge in [-0.25, -0.2) is 0 Å². The molecule has 0 N–H and O–H groups in total. The van der Waals surface area contributed by atoms with Crippen LogP contribution in [0.5, 0.6) is 0 Å². The Morgan fingerprint density at radius 1 is 1.37 bits per heavy atom. The topological polar surface area (TPSA) is 35.5 Å². The first-order valence-corrected chi connectivity index (χ1v) is 7.07. The van der Waals surface area contributed by atoms with E-state index in [4.69, 9.17) is 44.3 Å². The van der Waals surface area contributed by atoms with E-state index in [-0.39, 0.29) is 11.8 Å². The molecule has 0 amide bonds. The van der Waals surface area contributed by atoms with Crippen molar-refractivity contribution in [1.82, 2.24) is 0 Å². The van der Waals surface area contributed by atoms with Gasteiger partial charge in [-0.3, -0.25) is 4.79 Å². The van der Waals surface area contributed by atoms with Gasteiger partial charge in [0.05, 0.1) is 6.10 Å². The molecule has 1 heterocycles. The minimum Gasteiger partial charge on any atom is -0.433 e.